The van der Waals surface area contributed by atoms with Gasteiger partial charge >= 0.3 is 0 Å². The van der Waals surface area contributed by atoms with Crippen LogP contribution in [0.25, 0.3) is 22.4 Å². The number of fused-ring (bicyclic) bond motifs is 1. The van der Waals surface area contributed by atoms with E-state index in [9.17, 15) is 12.8 Å². The van der Waals surface area contributed by atoms with Crippen molar-refractivity contribution in [2.24, 2.45) is 0 Å². The van der Waals surface area contributed by atoms with Gasteiger partial charge in [-0.25, -0.2) is 27.8 Å². The number of anilines is 1. The molecule has 0 bridgehead atoms. The van der Waals surface area contributed by atoms with Gasteiger partial charge in [0, 0.05) is 48.4 Å². The Morgan fingerprint density at radius 3 is 2.94 bits per heavy atom. The average Bonchev–Trinajstić information content (AvgIpc) is 3.20. The third kappa shape index (κ3) is 4.98. The van der Waals surface area contributed by atoms with Crippen LogP contribution in [0.3, 0.4) is 0 Å². The molecule has 1 fully saturated rings. The molecule has 1 aliphatic heterocycles. The normalized spacial score (nSPS) is 17.7. The number of halogens is 3. The van der Waals surface area contributed by atoms with Crippen LogP contribution in [0.4, 0.5) is 10.2 Å². The molecule has 32 heavy (non-hydrogen) atoms. The molecule has 8 nitrogen and oxygen atoms in total. The monoisotopic (exact) mass is 500 g/mol. The first kappa shape index (κ1) is 23.2. The van der Waals surface area contributed by atoms with E-state index in [-0.39, 0.29) is 24.2 Å². The van der Waals surface area contributed by atoms with Crippen LogP contribution < -0.4 is 5.32 Å². The highest BCUT2D eigenvalue weighted by Gasteiger charge is 2.32. The Kier molecular flexibility index (Phi) is 7.14. The van der Waals surface area contributed by atoms with E-state index in [1.807, 2.05) is 0 Å². The molecule has 2 N–H and O–H groups in total. The number of hydrogen-bond acceptors (Lipinski definition) is 6. The number of sulfonamides is 1. The quantitative estimate of drug-likeness (QED) is 0.452. The SMILES string of the molecule is O=S(=O)(CCCCl)N1CCCC[C@@H]1CNc1nc(-c2c[nH]c3ncc(Cl)cc23)ncc1F. The van der Waals surface area contributed by atoms with Crippen molar-refractivity contribution in [2.75, 3.05) is 30.0 Å². The Bertz CT molecular complexity index is 1210. The summed E-state index contributed by atoms with van der Waals surface area (Å²) in [4.78, 5) is 15.7. The second kappa shape index (κ2) is 9.86. The van der Waals surface area contributed by atoms with E-state index in [0.717, 1.165) is 24.4 Å². The number of H-pyrrole nitrogens is 1. The predicted molar refractivity (Wildman–Crippen MR) is 124 cm³/mol. The number of piperidine rings is 1. The summed E-state index contributed by atoms with van der Waals surface area (Å²) in [5.41, 5.74) is 1.26. The number of alkyl halides is 1. The number of aromatic nitrogens is 4. The van der Waals surface area contributed by atoms with Crippen LogP contribution in [0.1, 0.15) is 25.7 Å². The van der Waals surface area contributed by atoms with Crippen molar-refractivity contribution in [3.8, 4) is 11.4 Å². The molecule has 0 saturated carbocycles. The van der Waals surface area contributed by atoms with Gasteiger partial charge in [-0.05, 0) is 25.3 Å². The highest BCUT2D eigenvalue weighted by atomic mass is 35.5. The lowest BCUT2D eigenvalue weighted by atomic mass is 10.1. The van der Waals surface area contributed by atoms with Crippen molar-refractivity contribution in [1.29, 1.82) is 0 Å². The Labute approximate surface area is 195 Å². The summed E-state index contributed by atoms with van der Waals surface area (Å²) in [6, 6.07) is 1.46. The van der Waals surface area contributed by atoms with E-state index in [1.165, 1.54) is 10.5 Å². The van der Waals surface area contributed by atoms with Gasteiger partial charge in [-0.15, -0.1) is 11.6 Å². The number of nitrogens with one attached hydrogen (secondary N) is 2. The van der Waals surface area contributed by atoms with E-state index < -0.39 is 15.8 Å². The minimum atomic E-state index is -3.42. The third-order valence-electron chi connectivity index (χ3n) is 5.45. The average molecular weight is 501 g/mol. The van der Waals surface area contributed by atoms with Crippen LogP contribution in [0.15, 0.2) is 24.7 Å². The number of nitrogens with zero attached hydrogens (tertiary/aromatic N) is 4. The van der Waals surface area contributed by atoms with Crippen molar-refractivity contribution in [3.63, 3.8) is 0 Å². The molecule has 172 valence electrons. The molecule has 4 rings (SSSR count). The van der Waals surface area contributed by atoms with E-state index >= 15 is 0 Å². The van der Waals surface area contributed by atoms with Gasteiger partial charge < -0.3 is 10.3 Å². The Hall–Kier alpha value is -2.01. The second-order valence-corrected chi connectivity index (χ2v) is 10.5. The van der Waals surface area contributed by atoms with Crippen LogP contribution in [0.5, 0.6) is 0 Å². The molecule has 0 radical (unpaired) electrons. The minimum absolute atomic E-state index is 0.0101. The van der Waals surface area contributed by atoms with Crippen LogP contribution in [0.2, 0.25) is 5.02 Å². The Morgan fingerprint density at radius 2 is 2.12 bits per heavy atom. The van der Waals surface area contributed by atoms with Gasteiger partial charge in [0.15, 0.2) is 17.5 Å². The highest BCUT2D eigenvalue weighted by Crippen LogP contribution is 2.28. The summed E-state index contributed by atoms with van der Waals surface area (Å²) in [6.07, 6.45) is 7.12. The van der Waals surface area contributed by atoms with Crippen molar-refractivity contribution in [1.82, 2.24) is 24.2 Å². The fourth-order valence-corrected chi connectivity index (χ4v) is 6.13. The lowest BCUT2D eigenvalue weighted by Crippen LogP contribution is -2.48. The van der Waals surface area contributed by atoms with E-state index in [2.05, 4.69) is 25.3 Å². The highest BCUT2D eigenvalue weighted by molar-refractivity contribution is 7.89. The van der Waals surface area contributed by atoms with Crippen LogP contribution in [-0.4, -0.2) is 63.4 Å². The number of pyridine rings is 1. The topological polar surface area (TPSA) is 104 Å². The summed E-state index contributed by atoms with van der Waals surface area (Å²) in [5, 5.41) is 4.18. The van der Waals surface area contributed by atoms with E-state index in [4.69, 9.17) is 23.2 Å². The molecule has 4 heterocycles. The lowest BCUT2D eigenvalue weighted by molar-refractivity contribution is 0.261. The van der Waals surface area contributed by atoms with E-state index in [1.54, 1.807) is 12.3 Å². The first-order chi connectivity index (χ1) is 15.4. The summed E-state index contributed by atoms with van der Waals surface area (Å²) < 4.78 is 41.4. The van der Waals surface area contributed by atoms with Gasteiger partial charge in [-0.1, -0.05) is 18.0 Å². The summed E-state index contributed by atoms with van der Waals surface area (Å²) >= 11 is 11.7. The van der Waals surface area contributed by atoms with Gasteiger partial charge in [-0.3, -0.25) is 0 Å². The molecule has 3 aromatic heterocycles. The Balaban J connectivity index is 1.55. The van der Waals surface area contributed by atoms with Crippen molar-refractivity contribution in [3.05, 3.63) is 35.5 Å². The third-order valence-corrected chi connectivity index (χ3v) is 7.93. The summed E-state index contributed by atoms with van der Waals surface area (Å²) in [6.45, 7) is 0.701. The predicted octanol–water partition coefficient (Wildman–Crippen LogP) is 4.04. The van der Waals surface area contributed by atoms with Gasteiger partial charge in [0.05, 0.1) is 17.0 Å². The van der Waals surface area contributed by atoms with Crippen LogP contribution in [0, 0.1) is 5.82 Å². The molecule has 0 aliphatic carbocycles. The maximum absolute atomic E-state index is 14.5. The van der Waals surface area contributed by atoms with Crippen molar-refractivity contribution < 1.29 is 12.8 Å². The van der Waals surface area contributed by atoms with Crippen molar-refractivity contribution in [2.45, 2.75) is 31.7 Å². The molecular formula is C20H23Cl2FN6O2S. The molecule has 0 spiro atoms. The zero-order valence-corrected chi connectivity index (χ0v) is 19.5. The fraction of sp³-hybridized carbons (Fsp3) is 0.450. The second-order valence-electron chi connectivity index (χ2n) is 7.64. The smallest absolute Gasteiger partial charge is 0.214 e. The van der Waals surface area contributed by atoms with Crippen LogP contribution in [-0.2, 0) is 10.0 Å². The first-order valence-electron chi connectivity index (χ1n) is 10.3. The molecule has 1 aliphatic rings. The van der Waals surface area contributed by atoms with Gasteiger partial charge in [-0.2, -0.15) is 4.31 Å². The van der Waals surface area contributed by atoms with Crippen molar-refractivity contribution >= 4 is 50.1 Å². The molecule has 0 amide bonds. The zero-order chi connectivity index (χ0) is 22.7. The van der Waals surface area contributed by atoms with Gasteiger partial charge in [0.1, 0.15) is 5.65 Å². The maximum Gasteiger partial charge on any atom is 0.214 e. The molecular weight excluding hydrogens is 478 g/mol. The molecule has 0 unspecified atom stereocenters. The molecule has 1 atom stereocenters. The van der Waals surface area contributed by atoms with Crippen LogP contribution >= 0.6 is 23.2 Å². The zero-order valence-electron chi connectivity index (χ0n) is 17.2. The largest absolute Gasteiger partial charge is 0.366 e. The minimum Gasteiger partial charge on any atom is -0.366 e. The molecule has 12 heteroatoms. The van der Waals surface area contributed by atoms with Gasteiger partial charge in [0.25, 0.3) is 0 Å². The number of rotatable bonds is 8. The number of aromatic amines is 1. The lowest BCUT2D eigenvalue weighted by Gasteiger charge is -2.34. The first-order valence-corrected chi connectivity index (χ1v) is 12.9. The fourth-order valence-electron chi connectivity index (χ4n) is 3.90. The maximum atomic E-state index is 14.5. The Morgan fingerprint density at radius 1 is 1.28 bits per heavy atom. The molecule has 3 aromatic rings. The summed E-state index contributed by atoms with van der Waals surface area (Å²) in [7, 11) is -3.42. The van der Waals surface area contributed by atoms with E-state index in [0.29, 0.717) is 47.3 Å². The molecule has 1 saturated heterocycles. The van der Waals surface area contributed by atoms with Gasteiger partial charge in [0.2, 0.25) is 10.0 Å². The standard InChI is InChI=1S/C20H23Cl2FN6O2S/c21-5-3-7-32(30,31)29-6-2-1-4-14(29)10-25-20-17(23)12-27-19(28-20)16-11-26-18-15(16)8-13(22)9-24-18/h8-9,11-12,14H,1-7,10H2,(H,24,26)(H,25,27,28)/t14-/m1/s1. The number of hydrogen-bond donors (Lipinski definition) is 2. The summed E-state index contributed by atoms with van der Waals surface area (Å²) in [5.74, 6) is 0.00918. The molecule has 0 aromatic carbocycles.